The van der Waals surface area contributed by atoms with Crippen LogP contribution in [0.1, 0.15) is 12.5 Å². The number of carbonyl (C=O) groups is 1. The molecule has 3 rings (SSSR count). The first-order valence-corrected chi connectivity index (χ1v) is 7.88. The number of nitrogen functional groups attached to an aromatic ring is 1. The molecule has 1 amide bonds. The number of hydrogen-bond donors (Lipinski definition) is 2. The molecule has 0 aliphatic rings. The van der Waals surface area contributed by atoms with Gasteiger partial charge >= 0.3 is 0 Å². The Kier molecular flexibility index (Phi) is 4.81. The van der Waals surface area contributed by atoms with Gasteiger partial charge < -0.3 is 15.8 Å². The number of carbonyl (C=O) groups excluding carboxylic acids is 1. The van der Waals surface area contributed by atoms with Crippen LogP contribution >= 0.6 is 0 Å². The van der Waals surface area contributed by atoms with Crippen LogP contribution in [0.15, 0.2) is 60.7 Å². The van der Waals surface area contributed by atoms with Crippen LogP contribution in [0.4, 0.5) is 11.4 Å². The van der Waals surface area contributed by atoms with Gasteiger partial charge in [0.25, 0.3) is 0 Å². The van der Waals surface area contributed by atoms with Crippen LogP contribution < -0.4 is 15.8 Å². The summed E-state index contributed by atoms with van der Waals surface area (Å²) in [7, 11) is 0. The topological polar surface area (TPSA) is 101 Å². The van der Waals surface area contributed by atoms with Crippen molar-refractivity contribution in [2.45, 2.75) is 6.92 Å². The lowest BCUT2D eigenvalue weighted by atomic mass is 10.1. The third-order valence-electron chi connectivity index (χ3n) is 3.59. The normalized spacial score (nSPS) is 10.0. The maximum Gasteiger partial charge on any atom is 0.239 e. The van der Waals surface area contributed by atoms with E-state index >= 15 is 0 Å². The van der Waals surface area contributed by atoms with Crippen LogP contribution in [0.2, 0.25) is 0 Å². The number of hydrogen-bond acceptors (Lipinski definition) is 5. The molecule has 1 heterocycles. The SMILES string of the molecule is CC(=O)Nc1ccc(-c2cc(N)c(C#N)c(Oc3ccccc3)n2)cc1. The summed E-state index contributed by atoms with van der Waals surface area (Å²) in [5.41, 5.74) is 8.53. The maximum absolute atomic E-state index is 11.1. The number of rotatable bonds is 4. The van der Waals surface area contributed by atoms with E-state index in [0.29, 0.717) is 17.1 Å². The Balaban J connectivity index is 1.98. The number of amides is 1. The number of anilines is 2. The number of nitrogens with two attached hydrogens (primary N) is 1. The van der Waals surface area contributed by atoms with Crippen molar-refractivity contribution in [3.05, 3.63) is 66.2 Å². The Morgan fingerprint density at radius 1 is 1.15 bits per heavy atom. The second-order valence-electron chi connectivity index (χ2n) is 5.56. The van der Waals surface area contributed by atoms with E-state index < -0.39 is 0 Å². The van der Waals surface area contributed by atoms with Gasteiger partial charge in [0.2, 0.25) is 11.8 Å². The van der Waals surface area contributed by atoms with Crippen LogP contribution in [0.25, 0.3) is 11.3 Å². The lowest BCUT2D eigenvalue weighted by Crippen LogP contribution is -2.05. The van der Waals surface area contributed by atoms with E-state index in [1.165, 1.54) is 6.92 Å². The average molecular weight is 344 g/mol. The van der Waals surface area contributed by atoms with Gasteiger partial charge in [-0.25, -0.2) is 4.98 Å². The van der Waals surface area contributed by atoms with Gasteiger partial charge in [0.1, 0.15) is 17.4 Å². The smallest absolute Gasteiger partial charge is 0.239 e. The molecule has 6 heteroatoms. The number of nitrogens with zero attached hydrogens (tertiary/aromatic N) is 2. The minimum atomic E-state index is -0.142. The summed E-state index contributed by atoms with van der Waals surface area (Å²) in [5.74, 6) is 0.575. The second-order valence-corrected chi connectivity index (χ2v) is 5.56. The average Bonchev–Trinajstić information content (AvgIpc) is 2.62. The molecule has 0 saturated carbocycles. The van der Waals surface area contributed by atoms with Crippen molar-refractivity contribution in [2.75, 3.05) is 11.1 Å². The molecule has 6 nitrogen and oxygen atoms in total. The lowest BCUT2D eigenvalue weighted by molar-refractivity contribution is -0.114. The Morgan fingerprint density at radius 2 is 1.85 bits per heavy atom. The number of nitriles is 1. The number of pyridine rings is 1. The third-order valence-corrected chi connectivity index (χ3v) is 3.59. The van der Waals surface area contributed by atoms with Crippen molar-refractivity contribution in [1.82, 2.24) is 4.98 Å². The van der Waals surface area contributed by atoms with Crippen LogP contribution in [0.5, 0.6) is 11.6 Å². The summed E-state index contributed by atoms with van der Waals surface area (Å²) in [4.78, 5) is 15.6. The van der Waals surface area contributed by atoms with E-state index in [0.717, 1.165) is 5.56 Å². The fourth-order valence-electron chi connectivity index (χ4n) is 2.40. The molecule has 26 heavy (non-hydrogen) atoms. The van der Waals surface area contributed by atoms with Gasteiger partial charge in [-0.1, -0.05) is 30.3 Å². The summed E-state index contributed by atoms with van der Waals surface area (Å²) in [6, 6.07) is 19.9. The molecule has 3 N–H and O–H groups in total. The van der Waals surface area contributed by atoms with Gasteiger partial charge in [-0.15, -0.1) is 0 Å². The lowest BCUT2D eigenvalue weighted by Gasteiger charge is -2.11. The molecule has 0 radical (unpaired) electrons. The predicted octanol–water partition coefficient (Wildman–Crippen LogP) is 3.95. The minimum absolute atomic E-state index is 0.142. The highest BCUT2D eigenvalue weighted by Crippen LogP contribution is 2.31. The van der Waals surface area contributed by atoms with Gasteiger partial charge in [0, 0.05) is 18.2 Å². The molecule has 0 bridgehead atoms. The summed E-state index contributed by atoms with van der Waals surface area (Å²) in [6.07, 6.45) is 0. The number of nitrogens with one attached hydrogen (secondary N) is 1. The highest BCUT2D eigenvalue weighted by Gasteiger charge is 2.14. The zero-order valence-corrected chi connectivity index (χ0v) is 14.1. The largest absolute Gasteiger partial charge is 0.438 e. The van der Waals surface area contributed by atoms with Gasteiger partial charge in [-0.3, -0.25) is 4.79 Å². The molecule has 3 aromatic rings. The maximum atomic E-state index is 11.1. The van der Waals surface area contributed by atoms with Crippen LogP contribution in [-0.2, 0) is 4.79 Å². The molecular weight excluding hydrogens is 328 g/mol. The van der Waals surface area contributed by atoms with Crippen molar-refractivity contribution in [3.63, 3.8) is 0 Å². The quantitative estimate of drug-likeness (QED) is 0.746. The van der Waals surface area contributed by atoms with E-state index in [9.17, 15) is 10.1 Å². The summed E-state index contributed by atoms with van der Waals surface area (Å²) < 4.78 is 5.75. The molecule has 0 fully saturated rings. The predicted molar refractivity (Wildman–Crippen MR) is 99.6 cm³/mol. The number of benzene rings is 2. The summed E-state index contributed by atoms with van der Waals surface area (Å²) >= 11 is 0. The van der Waals surface area contributed by atoms with Crippen molar-refractivity contribution >= 4 is 17.3 Å². The highest BCUT2D eigenvalue weighted by atomic mass is 16.5. The fourth-order valence-corrected chi connectivity index (χ4v) is 2.40. The summed E-state index contributed by atoms with van der Waals surface area (Å²) in [6.45, 7) is 1.45. The standard InChI is InChI=1S/C20H16N4O2/c1-13(25)23-15-9-7-14(8-10-15)19-11-18(22)17(12-21)20(24-19)26-16-5-3-2-4-6-16/h2-11H,1H3,(H2,22,24)(H,23,25). The van der Waals surface area contributed by atoms with E-state index in [2.05, 4.69) is 10.3 Å². The van der Waals surface area contributed by atoms with Gasteiger partial charge in [0.15, 0.2) is 0 Å². The molecule has 0 atom stereocenters. The van der Waals surface area contributed by atoms with Gasteiger partial charge in [-0.05, 0) is 30.3 Å². The zero-order chi connectivity index (χ0) is 18.5. The van der Waals surface area contributed by atoms with Crippen LogP contribution in [0, 0.1) is 11.3 Å². The fraction of sp³-hybridized carbons (Fsp3) is 0.0500. The first-order chi connectivity index (χ1) is 12.6. The van der Waals surface area contributed by atoms with E-state index in [-0.39, 0.29) is 23.0 Å². The minimum Gasteiger partial charge on any atom is -0.438 e. The molecule has 0 saturated heterocycles. The second kappa shape index (κ2) is 7.36. The third kappa shape index (κ3) is 3.79. The molecule has 0 aliphatic heterocycles. The van der Waals surface area contributed by atoms with Crippen molar-refractivity contribution < 1.29 is 9.53 Å². The molecular formula is C20H16N4O2. The number of ether oxygens (including phenoxy) is 1. The molecule has 2 aromatic carbocycles. The first kappa shape index (κ1) is 17.0. The van der Waals surface area contributed by atoms with Crippen molar-refractivity contribution in [2.24, 2.45) is 0 Å². The first-order valence-electron chi connectivity index (χ1n) is 7.88. The zero-order valence-electron chi connectivity index (χ0n) is 14.1. The molecule has 0 aliphatic carbocycles. The Morgan fingerprint density at radius 3 is 2.46 bits per heavy atom. The van der Waals surface area contributed by atoms with Crippen LogP contribution in [0.3, 0.4) is 0 Å². The molecule has 128 valence electrons. The number of aromatic nitrogens is 1. The van der Waals surface area contributed by atoms with Crippen LogP contribution in [-0.4, -0.2) is 10.9 Å². The summed E-state index contributed by atoms with van der Waals surface area (Å²) in [5, 5.41) is 12.1. The monoisotopic (exact) mass is 344 g/mol. The van der Waals surface area contributed by atoms with Gasteiger partial charge in [-0.2, -0.15) is 5.26 Å². The molecule has 1 aromatic heterocycles. The number of para-hydroxylation sites is 1. The van der Waals surface area contributed by atoms with E-state index in [4.69, 9.17) is 10.5 Å². The van der Waals surface area contributed by atoms with E-state index in [1.807, 2.05) is 36.4 Å². The molecule has 0 spiro atoms. The van der Waals surface area contributed by atoms with Crippen molar-refractivity contribution in [1.29, 1.82) is 5.26 Å². The van der Waals surface area contributed by atoms with Gasteiger partial charge in [0.05, 0.1) is 11.4 Å². The Hall–Kier alpha value is -3.85. The Bertz CT molecular complexity index is 977. The molecule has 0 unspecified atom stereocenters. The Labute approximate surface area is 150 Å². The van der Waals surface area contributed by atoms with E-state index in [1.54, 1.807) is 30.3 Å². The highest BCUT2D eigenvalue weighted by molar-refractivity contribution is 5.89. The van der Waals surface area contributed by atoms with Crippen molar-refractivity contribution in [3.8, 4) is 29.0 Å².